The molecule has 1 aliphatic carbocycles. The van der Waals surface area contributed by atoms with E-state index in [9.17, 15) is 18.0 Å². The van der Waals surface area contributed by atoms with E-state index in [0.717, 1.165) is 5.56 Å². The van der Waals surface area contributed by atoms with Gasteiger partial charge in [-0.3, -0.25) is 9.78 Å². The SMILES string of the molecule is CCNc1cc(Cc2ccc(C(=O)N3CCOCC3)cc2OC)nc2c1C(C(F)(F)F)=CC2. The number of pyridine rings is 1. The number of morpholine rings is 1. The minimum atomic E-state index is -4.43. The molecular weight excluding hydrogens is 435 g/mol. The van der Waals surface area contributed by atoms with Crippen molar-refractivity contribution in [3.63, 3.8) is 0 Å². The summed E-state index contributed by atoms with van der Waals surface area (Å²) in [5.41, 5.74) is 2.28. The van der Waals surface area contributed by atoms with Crippen molar-refractivity contribution in [2.24, 2.45) is 0 Å². The van der Waals surface area contributed by atoms with Crippen molar-refractivity contribution >= 4 is 17.2 Å². The van der Waals surface area contributed by atoms with Gasteiger partial charge in [-0.05, 0) is 25.1 Å². The third kappa shape index (κ3) is 4.83. The van der Waals surface area contributed by atoms with E-state index in [0.29, 0.717) is 67.7 Å². The van der Waals surface area contributed by atoms with Crippen LogP contribution in [0.3, 0.4) is 0 Å². The summed E-state index contributed by atoms with van der Waals surface area (Å²) in [6.07, 6.45) is -2.73. The molecule has 6 nitrogen and oxygen atoms in total. The third-order valence-electron chi connectivity index (χ3n) is 5.79. The van der Waals surface area contributed by atoms with Crippen LogP contribution < -0.4 is 10.1 Å². The van der Waals surface area contributed by atoms with Gasteiger partial charge in [-0.1, -0.05) is 12.1 Å². The summed E-state index contributed by atoms with van der Waals surface area (Å²) in [5, 5.41) is 3.05. The Labute approximate surface area is 190 Å². The number of rotatable bonds is 6. The summed E-state index contributed by atoms with van der Waals surface area (Å²) in [6, 6.07) is 6.93. The number of carbonyl (C=O) groups is 1. The molecule has 0 radical (unpaired) electrons. The van der Waals surface area contributed by atoms with Crippen LogP contribution in [0.5, 0.6) is 5.75 Å². The Hall–Kier alpha value is -3.07. The highest BCUT2D eigenvalue weighted by molar-refractivity contribution is 5.95. The smallest absolute Gasteiger partial charge is 0.416 e. The summed E-state index contributed by atoms with van der Waals surface area (Å²) in [7, 11) is 1.53. The number of allylic oxidation sites excluding steroid dienone is 2. The van der Waals surface area contributed by atoms with Gasteiger partial charge < -0.3 is 19.7 Å². The fraction of sp³-hybridized carbons (Fsp3) is 0.417. The van der Waals surface area contributed by atoms with Crippen molar-refractivity contribution in [3.8, 4) is 5.75 Å². The van der Waals surface area contributed by atoms with Crippen LogP contribution in [0.15, 0.2) is 30.3 Å². The van der Waals surface area contributed by atoms with Crippen molar-refractivity contribution in [1.29, 1.82) is 0 Å². The quantitative estimate of drug-likeness (QED) is 0.702. The number of benzene rings is 1. The van der Waals surface area contributed by atoms with Gasteiger partial charge in [-0.2, -0.15) is 13.2 Å². The van der Waals surface area contributed by atoms with E-state index in [1.54, 1.807) is 23.1 Å². The number of nitrogens with zero attached hydrogens (tertiary/aromatic N) is 2. The number of alkyl halides is 3. The summed E-state index contributed by atoms with van der Waals surface area (Å²) < 4.78 is 51.2. The lowest BCUT2D eigenvalue weighted by Gasteiger charge is -2.27. The van der Waals surface area contributed by atoms with Crippen LogP contribution in [-0.2, 0) is 17.6 Å². The first kappa shape index (κ1) is 23.1. The molecule has 0 unspecified atom stereocenters. The monoisotopic (exact) mass is 461 g/mol. The van der Waals surface area contributed by atoms with Crippen molar-refractivity contribution in [2.45, 2.75) is 25.9 Å². The molecule has 1 amide bonds. The minimum Gasteiger partial charge on any atom is -0.496 e. The molecule has 33 heavy (non-hydrogen) atoms. The highest BCUT2D eigenvalue weighted by Crippen LogP contribution is 2.43. The fourth-order valence-electron chi connectivity index (χ4n) is 4.25. The van der Waals surface area contributed by atoms with Gasteiger partial charge in [0.1, 0.15) is 5.75 Å². The normalized spacial score (nSPS) is 15.8. The predicted molar refractivity (Wildman–Crippen MR) is 119 cm³/mol. The molecule has 1 aromatic carbocycles. The molecule has 0 bridgehead atoms. The van der Waals surface area contributed by atoms with Gasteiger partial charge in [0.15, 0.2) is 0 Å². The second kappa shape index (κ2) is 9.43. The van der Waals surface area contributed by atoms with Crippen molar-refractivity contribution in [1.82, 2.24) is 9.88 Å². The number of anilines is 1. The van der Waals surface area contributed by atoms with E-state index in [4.69, 9.17) is 9.47 Å². The summed E-state index contributed by atoms with van der Waals surface area (Å²) in [5.74, 6) is 0.453. The minimum absolute atomic E-state index is 0.0843. The fourth-order valence-corrected chi connectivity index (χ4v) is 4.25. The number of nitrogens with one attached hydrogen (secondary N) is 1. The standard InChI is InChI=1S/C24H26F3N3O3/c1-3-28-20-14-17(29-19-7-6-18(22(19)20)24(25,26)27)12-15-4-5-16(13-21(15)32-2)23(31)30-8-10-33-11-9-30/h4-6,13-14H,3,7-12H2,1-2H3,(H,28,29). The number of fused-ring (bicyclic) bond motifs is 1. The van der Waals surface area contributed by atoms with Crippen LogP contribution >= 0.6 is 0 Å². The first-order valence-corrected chi connectivity index (χ1v) is 10.9. The maximum atomic E-state index is 13.5. The molecule has 0 atom stereocenters. The average molecular weight is 461 g/mol. The first-order chi connectivity index (χ1) is 15.8. The molecule has 1 aromatic heterocycles. The molecule has 2 aromatic rings. The lowest BCUT2D eigenvalue weighted by molar-refractivity contribution is -0.0687. The van der Waals surface area contributed by atoms with Crippen LogP contribution in [0.2, 0.25) is 0 Å². The largest absolute Gasteiger partial charge is 0.496 e. The third-order valence-corrected chi connectivity index (χ3v) is 5.79. The number of carbonyl (C=O) groups excluding carboxylic acids is 1. The van der Waals surface area contributed by atoms with Gasteiger partial charge in [0.25, 0.3) is 5.91 Å². The highest BCUT2D eigenvalue weighted by Gasteiger charge is 2.40. The second-order valence-corrected chi connectivity index (χ2v) is 7.94. The van der Waals surface area contributed by atoms with Crippen molar-refractivity contribution in [2.75, 3.05) is 45.3 Å². The van der Waals surface area contributed by atoms with E-state index < -0.39 is 11.7 Å². The number of hydrogen-bond donors (Lipinski definition) is 1. The maximum Gasteiger partial charge on any atom is 0.416 e. The zero-order valence-electron chi connectivity index (χ0n) is 18.6. The van der Waals surface area contributed by atoms with Gasteiger partial charge >= 0.3 is 6.18 Å². The Kier molecular flexibility index (Phi) is 6.60. The zero-order chi connectivity index (χ0) is 23.6. The van der Waals surface area contributed by atoms with Crippen molar-refractivity contribution in [3.05, 3.63) is 58.4 Å². The van der Waals surface area contributed by atoms with E-state index in [-0.39, 0.29) is 17.9 Å². The lowest BCUT2D eigenvalue weighted by atomic mass is 10.0. The van der Waals surface area contributed by atoms with E-state index in [2.05, 4.69) is 10.3 Å². The number of amides is 1. The Bertz CT molecular complexity index is 1080. The van der Waals surface area contributed by atoms with Crippen LogP contribution in [0.1, 0.15) is 39.8 Å². The molecule has 1 fully saturated rings. The first-order valence-electron chi connectivity index (χ1n) is 10.9. The van der Waals surface area contributed by atoms with Gasteiger partial charge in [0.2, 0.25) is 0 Å². The highest BCUT2D eigenvalue weighted by atomic mass is 19.4. The molecule has 1 N–H and O–H groups in total. The van der Waals surface area contributed by atoms with Crippen molar-refractivity contribution < 1.29 is 27.4 Å². The summed E-state index contributed by atoms with van der Waals surface area (Å²) >= 11 is 0. The molecule has 2 aliphatic rings. The second-order valence-electron chi connectivity index (χ2n) is 7.94. The van der Waals surface area contributed by atoms with E-state index in [1.165, 1.54) is 13.2 Å². The van der Waals surface area contributed by atoms with Crippen LogP contribution in [0.4, 0.5) is 18.9 Å². The topological polar surface area (TPSA) is 63.7 Å². The Morgan fingerprint density at radius 1 is 1.24 bits per heavy atom. The van der Waals surface area contributed by atoms with Crippen LogP contribution in [0.25, 0.3) is 5.57 Å². The molecular formula is C24H26F3N3O3. The molecule has 9 heteroatoms. The predicted octanol–water partition coefficient (Wildman–Crippen LogP) is 4.09. The number of aromatic nitrogens is 1. The van der Waals surface area contributed by atoms with Gasteiger partial charge in [0.05, 0.1) is 31.6 Å². The summed E-state index contributed by atoms with van der Waals surface area (Å²) in [6.45, 7) is 4.45. The van der Waals surface area contributed by atoms with Gasteiger partial charge in [0, 0.05) is 60.5 Å². The molecule has 1 saturated heterocycles. The molecule has 4 rings (SSSR count). The average Bonchev–Trinajstić information content (AvgIpc) is 3.24. The number of methoxy groups -OCH3 is 1. The number of halogens is 3. The number of ether oxygens (including phenoxy) is 2. The molecule has 176 valence electrons. The van der Waals surface area contributed by atoms with E-state index in [1.807, 2.05) is 13.0 Å². The Morgan fingerprint density at radius 3 is 2.67 bits per heavy atom. The molecule has 0 spiro atoms. The Morgan fingerprint density at radius 2 is 2.00 bits per heavy atom. The van der Waals surface area contributed by atoms with Crippen LogP contribution in [-0.4, -0.2) is 61.9 Å². The van der Waals surface area contributed by atoms with E-state index >= 15 is 0 Å². The molecule has 1 aliphatic heterocycles. The van der Waals surface area contributed by atoms with Gasteiger partial charge in [-0.25, -0.2) is 0 Å². The maximum absolute atomic E-state index is 13.5. The molecule has 0 saturated carbocycles. The Balaban J connectivity index is 1.61. The number of hydrogen-bond acceptors (Lipinski definition) is 5. The summed E-state index contributed by atoms with van der Waals surface area (Å²) in [4.78, 5) is 19.1. The molecule has 2 heterocycles. The zero-order valence-corrected chi connectivity index (χ0v) is 18.6. The lowest BCUT2D eigenvalue weighted by Crippen LogP contribution is -2.40. The van der Waals surface area contributed by atoms with Crippen LogP contribution in [0, 0.1) is 0 Å². The van der Waals surface area contributed by atoms with Gasteiger partial charge in [-0.15, -0.1) is 0 Å².